The second kappa shape index (κ2) is 4.67. The van der Waals surface area contributed by atoms with Crippen molar-refractivity contribution >= 4 is 17.5 Å². The number of rotatable bonds is 4. The summed E-state index contributed by atoms with van der Waals surface area (Å²) in [5, 5.41) is 2.93. The topological polar surface area (TPSA) is 29.1 Å². The summed E-state index contributed by atoms with van der Waals surface area (Å²) in [6, 6.07) is 7.41. The summed E-state index contributed by atoms with van der Waals surface area (Å²) in [4.78, 5) is 11.6. The van der Waals surface area contributed by atoms with Gasteiger partial charge in [-0.2, -0.15) is 0 Å². The molecule has 1 aromatic carbocycles. The van der Waals surface area contributed by atoms with Gasteiger partial charge in [-0.05, 0) is 36.5 Å². The van der Waals surface area contributed by atoms with Gasteiger partial charge >= 0.3 is 0 Å². The van der Waals surface area contributed by atoms with Gasteiger partial charge in [0.15, 0.2) is 0 Å². The monoisotopic (exact) mass is 223 g/mol. The molecule has 0 spiro atoms. The van der Waals surface area contributed by atoms with Crippen molar-refractivity contribution in [2.75, 3.05) is 6.54 Å². The van der Waals surface area contributed by atoms with E-state index in [0.29, 0.717) is 11.4 Å². The molecule has 1 aromatic rings. The molecule has 0 radical (unpaired) electrons. The lowest BCUT2D eigenvalue weighted by Gasteiger charge is -2.04. The molecule has 80 valence electrons. The maximum Gasteiger partial charge on any atom is 0.251 e. The van der Waals surface area contributed by atoms with E-state index in [1.807, 2.05) is 24.3 Å². The van der Waals surface area contributed by atoms with E-state index in [1.165, 1.54) is 12.8 Å². The third-order valence-corrected chi connectivity index (χ3v) is 2.93. The standard InChI is InChI=1S/C12H14ClNO/c13-7-9-3-5-11(6-4-9)12(15)14-8-10-1-2-10/h3-6,10H,1-2,7-8H2,(H,14,15). The fourth-order valence-electron chi connectivity index (χ4n) is 1.41. The van der Waals surface area contributed by atoms with Crippen LogP contribution in [0.3, 0.4) is 0 Å². The smallest absolute Gasteiger partial charge is 0.251 e. The van der Waals surface area contributed by atoms with Crippen molar-refractivity contribution in [2.24, 2.45) is 5.92 Å². The molecule has 0 bridgehead atoms. The molecule has 1 amide bonds. The van der Waals surface area contributed by atoms with Gasteiger partial charge in [-0.1, -0.05) is 12.1 Å². The van der Waals surface area contributed by atoms with Crippen molar-refractivity contribution in [1.29, 1.82) is 0 Å². The normalized spacial score (nSPS) is 15.0. The molecular formula is C12H14ClNO. The first-order valence-corrected chi connectivity index (χ1v) is 5.76. The fraction of sp³-hybridized carbons (Fsp3) is 0.417. The van der Waals surface area contributed by atoms with Gasteiger partial charge in [0, 0.05) is 18.0 Å². The lowest BCUT2D eigenvalue weighted by Crippen LogP contribution is -2.25. The van der Waals surface area contributed by atoms with Crippen LogP contribution in [-0.2, 0) is 5.88 Å². The van der Waals surface area contributed by atoms with Crippen LogP contribution in [0, 0.1) is 5.92 Å². The zero-order chi connectivity index (χ0) is 10.7. The minimum absolute atomic E-state index is 0.0167. The number of nitrogens with one attached hydrogen (secondary N) is 1. The van der Waals surface area contributed by atoms with E-state index < -0.39 is 0 Å². The Morgan fingerprint density at radius 3 is 2.53 bits per heavy atom. The van der Waals surface area contributed by atoms with Crippen LogP contribution < -0.4 is 5.32 Å². The molecule has 1 aliphatic carbocycles. The predicted molar refractivity (Wildman–Crippen MR) is 61.1 cm³/mol. The number of carbonyl (C=O) groups excluding carboxylic acids is 1. The Labute approximate surface area is 94.6 Å². The third-order valence-electron chi connectivity index (χ3n) is 2.62. The van der Waals surface area contributed by atoms with Crippen LogP contribution in [0.15, 0.2) is 24.3 Å². The molecule has 0 heterocycles. The van der Waals surface area contributed by atoms with Gasteiger partial charge < -0.3 is 5.32 Å². The molecule has 2 rings (SSSR count). The number of halogens is 1. The average molecular weight is 224 g/mol. The van der Waals surface area contributed by atoms with Gasteiger partial charge in [0.2, 0.25) is 0 Å². The number of hydrogen-bond donors (Lipinski definition) is 1. The molecule has 1 fully saturated rings. The number of amides is 1. The quantitative estimate of drug-likeness (QED) is 0.781. The van der Waals surface area contributed by atoms with Crippen LogP contribution in [0.25, 0.3) is 0 Å². The van der Waals surface area contributed by atoms with Crippen molar-refractivity contribution in [1.82, 2.24) is 5.32 Å². The lowest BCUT2D eigenvalue weighted by molar-refractivity contribution is 0.0952. The molecule has 1 saturated carbocycles. The van der Waals surface area contributed by atoms with Crippen molar-refractivity contribution in [2.45, 2.75) is 18.7 Å². The Balaban J connectivity index is 1.91. The maximum absolute atomic E-state index is 11.6. The van der Waals surface area contributed by atoms with Gasteiger partial charge in [-0.3, -0.25) is 4.79 Å². The van der Waals surface area contributed by atoms with Crippen molar-refractivity contribution in [3.05, 3.63) is 35.4 Å². The number of alkyl halides is 1. The second-order valence-corrected chi connectivity index (χ2v) is 4.25. The summed E-state index contributed by atoms with van der Waals surface area (Å²) in [5.41, 5.74) is 1.75. The summed E-state index contributed by atoms with van der Waals surface area (Å²) >= 11 is 5.67. The van der Waals surface area contributed by atoms with Crippen LogP contribution in [0.1, 0.15) is 28.8 Å². The number of carbonyl (C=O) groups is 1. The Morgan fingerprint density at radius 2 is 2.00 bits per heavy atom. The SMILES string of the molecule is O=C(NCC1CC1)c1ccc(CCl)cc1. The van der Waals surface area contributed by atoms with E-state index in [0.717, 1.165) is 18.0 Å². The largest absolute Gasteiger partial charge is 0.352 e. The van der Waals surface area contributed by atoms with Crippen LogP contribution >= 0.6 is 11.6 Å². The molecule has 3 heteroatoms. The second-order valence-electron chi connectivity index (χ2n) is 3.98. The van der Waals surface area contributed by atoms with Gasteiger partial charge in [0.05, 0.1) is 0 Å². The van der Waals surface area contributed by atoms with E-state index in [2.05, 4.69) is 5.32 Å². The highest BCUT2D eigenvalue weighted by Gasteiger charge is 2.21. The Hall–Kier alpha value is -1.02. The van der Waals surface area contributed by atoms with E-state index >= 15 is 0 Å². The highest BCUT2D eigenvalue weighted by molar-refractivity contribution is 6.17. The van der Waals surface area contributed by atoms with Crippen molar-refractivity contribution in [3.8, 4) is 0 Å². The summed E-state index contributed by atoms with van der Waals surface area (Å²) < 4.78 is 0. The Bertz CT molecular complexity index is 343. The highest BCUT2D eigenvalue weighted by atomic mass is 35.5. The molecule has 0 atom stereocenters. The van der Waals surface area contributed by atoms with Gasteiger partial charge in [0.1, 0.15) is 0 Å². The minimum atomic E-state index is 0.0167. The molecule has 0 aromatic heterocycles. The van der Waals surface area contributed by atoms with Crippen LogP contribution in [-0.4, -0.2) is 12.5 Å². The van der Waals surface area contributed by atoms with E-state index in [9.17, 15) is 4.79 Å². The van der Waals surface area contributed by atoms with Gasteiger partial charge in [0.25, 0.3) is 5.91 Å². The van der Waals surface area contributed by atoms with E-state index in [4.69, 9.17) is 11.6 Å². The number of hydrogen-bond acceptors (Lipinski definition) is 1. The molecule has 0 aliphatic heterocycles. The highest BCUT2D eigenvalue weighted by Crippen LogP contribution is 2.27. The average Bonchev–Trinajstić information content (AvgIpc) is 3.10. The molecule has 1 aliphatic rings. The first-order valence-electron chi connectivity index (χ1n) is 5.22. The van der Waals surface area contributed by atoms with Crippen LogP contribution in [0.2, 0.25) is 0 Å². The summed E-state index contributed by atoms with van der Waals surface area (Å²) in [7, 11) is 0. The zero-order valence-electron chi connectivity index (χ0n) is 8.50. The fourth-order valence-corrected chi connectivity index (χ4v) is 1.58. The lowest BCUT2D eigenvalue weighted by atomic mass is 10.1. The summed E-state index contributed by atoms with van der Waals surface area (Å²) in [5.74, 6) is 1.23. The van der Waals surface area contributed by atoms with Crippen LogP contribution in [0.4, 0.5) is 0 Å². The number of benzene rings is 1. The predicted octanol–water partition coefficient (Wildman–Crippen LogP) is 2.57. The minimum Gasteiger partial charge on any atom is -0.352 e. The van der Waals surface area contributed by atoms with Gasteiger partial charge in [-0.25, -0.2) is 0 Å². The third kappa shape index (κ3) is 2.96. The molecule has 0 saturated heterocycles. The van der Waals surface area contributed by atoms with Gasteiger partial charge in [-0.15, -0.1) is 11.6 Å². The van der Waals surface area contributed by atoms with Crippen molar-refractivity contribution in [3.63, 3.8) is 0 Å². The molecule has 15 heavy (non-hydrogen) atoms. The molecular weight excluding hydrogens is 210 g/mol. The summed E-state index contributed by atoms with van der Waals surface area (Å²) in [6.45, 7) is 0.816. The molecule has 2 nitrogen and oxygen atoms in total. The first-order chi connectivity index (χ1) is 7.29. The Morgan fingerprint density at radius 1 is 1.33 bits per heavy atom. The van der Waals surface area contributed by atoms with Crippen molar-refractivity contribution < 1.29 is 4.79 Å². The molecule has 1 N–H and O–H groups in total. The van der Waals surface area contributed by atoms with E-state index in [-0.39, 0.29) is 5.91 Å². The summed E-state index contributed by atoms with van der Waals surface area (Å²) in [6.07, 6.45) is 2.51. The zero-order valence-corrected chi connectivity index (χ0v) is 9.26. The molecule has 0 unspecified atom stereocenters. The first kappa shape index (κ1) is 10.5. The van der Waals surface area contributed by atoms with E-state index in [1.54, 1.807) is 0 Å². The Kier molecular flexibility index (Phi) is 3.27. The maximum atomic E-state index is 11.6. The van der Waals surface area contributed by atoms with Crippen LogP contribution in [0.5, 0.6) is 0 Å².